The van der Waals surface area contributed by atoms with E-state index in [0.717, 1.165) is 0 Å². The zero-order valence-corrected chi connectivity index (χ0v) is 7.49. The van der Waals surface area contributed by atoms with Crippen molar-refractivity contribution < 1.29 is 10.2 Å². The molecule has 0 saturated heterocycles. The fraction of sp³-hybridized carbons (Fsp3) is 0.333. The van der Waals surface area contributed by atoms with Crippen LogP contribution in [0, 0.1) is 0 Å². The summed E-state index contributed by atoms with van der Waals surface area (Å²) in [5.74, 6) is 0.0420. The van der Waals surface area contributed by atoms with Crippen molar-refractivity contribution in [2.24, 2.45) is 0 Å². The summed E-state index contributed by atoms with van der Waals surface area (Å²) in [4.78, 5) is 0. The molecule has 0 radical (unpaired) electrons. The van der Waals surface area contributed by atoms with Crippen molar-refractivity contribution in [3.63, 3.8) is 0 Å². The van der Waals surface area contributed by atoms with Crippen molar-refractivity contribution in [1.29, 1.82) is 0 Å². The molecule has 72 valence electrons. The third kappa shape index (κ3) is 2.34. The second-order valence-electron chi connectivity index (χ2n) is 2.89. The lowest BCUT2D eigenvalue weighted by molar-refractivity contribution is 0.178. The number of aliphatic hydroxyl groups is 1. The summed E-state index contributed by atoms with van der Waals surface area (Å²) in [6.45, 7) is 0.463. The highest BCUT2D eigenvalue weighted by Crippen LogP contribution is 2.23. The lowest BCUT2D eigenvalue weighted by atomic mass is 10.1. The maximum Gasteiger partial charge on any atom is 0.138 e. The van der Waals surface area contributed by atoms with Crippen LogP contribution in [0.3, 0.4) is 0 Å². The number of phenols is 1. The van der Waals surface area contributed by atoms with Crippen LogP contribution in [0.5, 0.6) is 5.75 Å². The highest BCUT2D eigenvalue weighted by Gasteiger charge is 2.07. The number of benzene rings is 1. The van der Waals surface area contributed by atoms with E-state index in [1.54, 1.807) is 19.2 Å². The summed E-state index contributed by atoms with van der Waals surface area (Å²) in [7, 11) is 1.76. The lowest BCUT2D eigenvalue weighted by Gasteiger charge is -2.11. The van der Waals surface area contributed by atoms with Gasteiger partial charge in [-0.3, -0.25) is 0 Å². The van der Waals surface area contributed by atoms with Crippen molar-refractivity contribution >= 4 is 5.69 Å². The van der Waals surface area contributed by atoms with Crippen molar-refractivity contribution in [2.75, 3.05) is 19.3 Å². The molecular weight excluding hydrogens is 168 g/mol. The summed E-state index contributed by atoms with van der Waals surface area (Å²) in [6, 6.07) is 4.69. The first-order chi connectivity index (χ1) is 6.15. The Labute approximate surface area is 77.0 Å². The van der Waals surface area contributed by atoms with Crippen LogP contribution in [0.2, 0.25) is 0 Å². The molecule has 0 aliphatic rings. The number of hydrogen-bond donors (Lipinski definition) is 4. The minimum atomic E-state index is -0.590. The minimum absolute atomic E-state index is 0.0420. The average Bonchev–Trinajstić information content (AvgIpc) is 2.10. The number of nitrogens with two attached hydrogens (primary N) is 1. The van der Waals surface area contributed by atoms with Gasteiger partial charge in [0.25, 0.3) is 0 Å². The molecule has 4 nitrogen and oxygen atoms in total. The zero-order chi connectivity index (χ0) is 9.84. The van der Waals surface area contributed by atoms with Gasteiger partial charge in [-0.15, -0.1) is 0 Å². The molecule has 0 bridgehead atoms. The standard InChI is InChI=1S/C9H14N2O2/c1-11-5-9(13)6-2-3-8(12)7(10)4-6/h2-4,9,11-13H,5,10H2,1H3. The number of rotatable bonds is 3. The normalized spacial score (nSPS) is 12.8. The van der Waals surface area contributed by atoms with Crippen LogP contribution in [0.4, 0.5) is 5.69 Å². The molecule has 1 rings (SSSR count). The third-order valence-electron chi connectivity index (χ3n) is 1.83. The Bertz CT molecular complexity index is 289. The van der Waals surface area contributed by atoms with E-state index in [9.17, 15) is 5.11 Å². The van der Waals surface area contributed by atoms with Crippen LogP contribution >= 0.6 is 0 Å². The number of nitrogens with one attached hydrogen (secondary N) is 1. The molecule has 0 amide bonds. The molecule has 5 N–H and O–H groups in total. The topological polar surface area (TPSA) is 78.5 Å². The molecule has 0 heterocycles. The van der Waals surface area contributed by atoms with Crippen LogP contribution in [-0.4, -0.2) is 23.8 Å². The van der Waals surface area contributed by atoms with Gasteiger partial charge in [0.1, 0.15) is 5.75 Å². The Morgan fingerprint density at radius 2 is 2.23 bits per heavy atom. The van der Waals surface area contributed by atoms with E-state index in [2.05, 4.69) is 5.32 Å². The van der Waals surface area contributed by atoms with E-state index in [1.165, 1.54) is 6.07 Å². The average molecular weight is 182 g/mol. The zero-order valence-electron chi connectivity index (χ0n) is 7.49. The van der Waals surface area contributed by atoms with Crippen LogP contribution in [0.15, 0.2) is 18.2 Å². The van der Waals surface area contributed by atoms with Gasteiger partial charge in [-0.25, -0.2) is 0 Å². The number of anilines is 1. The van der Waals surface area contributed by atoms with Gasteiger partial charge in [-0.1, -0.05) is 6.07 Å². The molecule has 1 aromatic carbocycles. The molecule has 0 aliphatic heterocycles. The van der Waals surface area contributed by atoms with Crippen molar-refractivity contribution in [3.8, 4) is 5.75 Å². The van der Waals surface area contributed by atoms with Crippen molar-refractivity contribution in [3.05, 3.63) is 23.8 Å². The Morgan fingerprint density at radius 1 is 1.54 bits per heavy atom. The SMILES string of the molecule is CNCC(O)c1ccc(O)c(N)c1. The van der Waals surface area contributed by atoms with Gasteiger partial charge in [0.05, 0.1) is 11.8 Å². The molecule has 0 fully saturated rings. The predicted octanol–water partition coefficient (Wildman–Crippen LogP) is 0.227. The molecule has 4 heteroatoms. The van der Waals surface area contributed by atoms with Crippen LogP contribution in [-0.2, 0) is 0 Å². The van der Waals surface area contributed by atoms with Crippen LogP contribution < -0.4 is 11.1 Å². The Kier molecular flexibility index (Phi) is 3.11. The fourth-order valence-electron chi connectivity index (χ4n) is 1.09. The van der Waals surface area contributed by atoms with Gasteiger partial charge >= 0.3 is 0 Å². The maximum absolute atomic E-state index is 9.54. The fourth-order valence-corrected chi connectivity index (χ4v) is 1.09. The number of aromatic hydroxyl groups is 1. The smallest absolute Gasteiger partial charge is 0.138 e. The van der Waals surface area contributed by atoms with Crippen LogP contribution in [0.25, 0.3) is 0 Å². The molecular formula is C9H14N2O2. The number of likely N-dealkylation sites (N-methyl/N-ethyl adjacent to an activating group) is 1. The number of hydrogen-bond acceptors (Lipinski definition) is 4. The third-order valence-corrected chi connectivity index (χ3v) is 1.83. The summed E-state index contributed by atoms with van der Waals surface area (Å²) in [5.41, 5.74) is 6.46. The largest absolute Gasteiger partial charge is 0.506 e. The minimum Gasteiger partial charge on any atom is -0.506 e. The van der Waals surface area contributed by atoms with E-state index in [0.29, 0.717) is 12.1 Å². The summed E-state index contributed by atoms with van der Waals surface area (Å²) in [6.07, 6.45) is -0.590. The van der Waals surface area contributed by atoms with Gasteiger partial charge in [-0.2, -0.15) is 0 Å². The molecule has 0 saturated carbocycles. The Morgan fingerprint density at radius 3 is 2.77 bits per heavy atom. The second-order valence-corrected chi connectivity index (χ2v) is 2.89. The van der Waals surface area contributed by atoms with Crippen molar-refractivity contribution in [1.82, 2.24) is 5.32 Å². The van der Waals surface area contributed by atoms with E-state index >= 15 is 0 Å². The van der Waals surface area contributed by atoms with Gasteiger partial charge in [0.15, 0.2) is 0 Å². The van der Waals surface area contributed by atoms with E-state index in [4.69, 9.17) is 10.8 Å². The van der Waals surface area contributed by atoms with Gasteiger partial charge < -0.3 is 21.3 Å². The maximum atomic E-state index is 9.54. The quantitative estimate of drug-likeness (QED) is 0.398. The van der Waals surface area contributed by atoms with E-state index in [1.807, 2.05) is 0 Å². The summed E-state index contributed by atoms with van der Waals surface area (Å²) in [5, 5.41) is 21.5. The molecule has 1 aromatic rings. The van der Waals surface area contributed by atoms with Crippen LogP contribution in [0.1, 0.15) is 11.7 Å². The number of nitrogen functional groups attached to an aromatic ring is 1. The summed E-state index contributed by atoms with van der Waals surface area (Å²) < 4.78 is 0. The molecule has 1 unspecified atom stereocenters. The highest BCUT2D eigenvalue weighted by molar-refractivity contribution is 5.53. The Balaban J connectivity index is 2.84. The number of phenolic OH excluding ortho intramolecular Hbond substituents is 1. The number of aliphatic hydroxyl groups excluding tert-OH is 1. The highest BCUT2D eigenvalue weighted by atomic mass is 16.3. The van der Waals surface area contributed by atoms with E-state index < -0.39 is 6.10 Å². The molecule has 0 spiro atoms. The second kappa shape index (κ2) is 4.11. The first-order valence-corrected chi connectivity index (χ1v) is 4.06. The monoisotopic (exact) mass is 182 g/mol. The first-order valence-electron chi connectivity index (χ1n) is 4.06. The van der Waals surface area contributed by atoms with E-state index in [-0.39, 0.29) is 11.4 Å². The predicted molar refractivity (Wildman–Crippen MR) is 51.4 cm³/mol. The molecule has 0 aromatic heterocycles. The molecule has 0 aliphatic carbocycles. The molecule has 1 atom stereocenters. The first kappa shape index (κ1) is 9.83. The molecule has 13 heavy (non-hydrogen) atoms. The summed E-state index contributed by atoms with van der Waals surface area (Å²) >= 11 is 0. The Hall–Kier alpha value is -1.26. The van der Waals surface area contributed by atoms with Gasteiger partial charge in [0, 0.05) is 6.54 Å². The van der Waals surface area contributed by atoms with Crippen molar-refractivity contribution in [2.45, 2.75) is 6.10 Å². The van der Waals surface area contributed by atoms with Gasteiger partial charge in [0.2, 0.25) is 0 Å². The van der Waals surface area contributed by atoms with Gasteiger partial charge in [-0.05, 0) is 24.7 Å². The lowest BCUT2D eigenvalue weighted by Crippen LogP contribution is -2.16.